The van der Waals surface area contributed by atoms with E-state index in [4.69, 9.17) is 0 Å². The third-order valence-corrected chi connectivity index (χ3v) is 4.10. The molecule has 0 saturated heterocycles. The predicted octanol–water partition coefficient (Wildman–Crippen LogP) is 1.90. The van der Waals surface area contributed by atoms with Gasteiger partial charge in [-0.2, -0.15) is 0 Å². The number of aromatic amines is 1. The third kappa shape index (κ3) is 4.59. The van der Waals surface area contributed by atoms with E-state index in [9.17, 15) is 23.2 Å². The number of halogens is 2. The zero-order valence-electron chi connectivity index (χ0n) is 14.7. The molecule has 0 bridgehead atoms. The fraction of sp³-hybridized carbons (Fsp3) is 0.150. The average Bonchev–Trinajstić information content (AvgIpc) is 2.66. The zero-order valence-corrected chi connectivity index (χ0v) is 14.7. The summed E-state index contributed by atoms with van der Waals surface area (Å²) in [6, 6.07) is 9.92. The maximum Gasteiger partial charge on any atom is 0.257 e. The van der Waals surface area contributed by atoms with Gasteiger partial charge in [-0.15, -0.1) is 0 Å². The van der Waals surface area contributed by atoms with Crippen molar-refractivity contribution in [2.45, 2.75) is 6.42 Å². The number of hydrogen-bond donors (Lipinski definition) is 3. The van der Waals surface area contributed by atoms with Crippen LogP contribution in [0.15, 0.2) is 53.5 Å². The molecule has 6 nitrogen and oxygen atoms in total. The summed E-state index contributed by atoms with van der Waals surface area (Å²) in [5, 5.41) is 5.29. The first-order valence-corrected chi connectivity index (χ1v) is 8.54. The molecule has 3 rings (SSSR count). The van der Waals surface area contributed by atoms with Crippen molar-refractivity contribution in [1.82, 2.24) is 15.6 Å². The van der Waals surface area contributed by atoms with E-state index in [-0.39, 0.29) is 25.1 Å². The molecule has 144 valence electrons. The second kappa shape index (κ2) is 8.43. The standard InChI is InChI=1S/C20H17F2N3O3/c21-13-7-12(8-14(22)9-13)5-6-23-18(26)11-25-20(28)16-10-24-17-4-2-1-3-15(17)19(16)27/h1-4,7-10H,5-6,11H2,(H,23,26)(H,24,27)(H,25,28). The normalized spacial score (nSPS) is 10.6. The van der Waals surface area contributed by atoms with Crippen LogP contribution < -0.4 is 16.1 Å². The lowest BCUT2D eigenvalue weighted by Gasteiger charge is -2.08. The van der Waals surface area contributed by atoms with Crippen LogP contribution >= 0.6 is 0 Å². The monoisotopic (exact) mass is 385 g/mol. The van der Waals surface area contributed by atoms with Gasteiger partial charge in [0.1, 0.15) is 17.2 Å². The third-order valence-electron chi connectivity index (χ3n) is 4.10. The Morgan fingerprint density at radius 1 is 1.00 bits per heavy atom. The van der Waals surface area contributed by atoms with Crippen LogP contribution in [0.4, 0.5) is 8.78 Å². The Kier molecular flexibility index (Phi) is 5.78. The number of aromatic nitrogens is 1. The Morgan fingerprint density at radius 2 is 1.71 bits per heavy atom. The lowest BCUT2D eigenvalue weighted by atomic mass is 10.1. The van der Waals surface area contributed by atoms with Gasteiger partial charge in [0, 0.05) is 29.7 Å². The number of benzene rings is 2. The van der Waals surface area contributed by atoms with Gasteiger partial charge in [-0.25, -0.2) is 8.78 Å². The molecule has 2 aromatic carbocycles. The molecule has 8 heteroatoms. The number of para-hydroxylation sites is 1. The Bertz CT molecular complexity index is 1080. The number of carbonyl (C=O) groups excluding carboxylic acids is 2. The van der Waals surface area contributed by atoms with E-state index in [0.717, 1.165) is 6.07 Å². The highest BCUT2D eigenvalue weighted by atomic mass is 19.1. The van der Waals surface area contributed by atoms with Crippen molar-refractivity contribution in [1.29, 1.82) is 0 Å². The highest BCUT2D eigenvalue weighted by Gasteiger charge is 2.13. The first-order chi connectivity index (χ1) is 13.4. The molecule has 2 amide bonds. The van der Waals surface area contributed by atoms with Crippen molar-refractivity contribution in [3.63, 3.8) is 0 Å². The zero-order chi connectivity index (χ0) is 20.1. The van der Waals surface area contributed by atoms with Crippen molar-refractivity contribution >= 4 is 22.7 Å². The van der Waals surface area contributed by atoms with Crippen molar-refractivity contribution in [3.8, 4) is 0 Å². The topological polar surface area (TPSA) is 91.1 Å². The minimum Gasteiger partial charge on any atom is -0.360 e. The second-order valence-electron chi connectivity index (χ2n) is 6.14. The summed E-state index contributed by atoms with van der Waals surface area (Å²) in [5.41, 5.74) is 0.488. The van der Waals surface area contributed by atoms with Gasteiger partial charge in [-0.05, 0) is 36.2 Å². The van der Waals surface area contributed by atoms with E-state index in [1.165, 1.54) is 18.3 Å². The van der Waals surface area contributed by atoms with Gasteiger partial charge in [-0.3, -0.25) is 14.4 Å². The summed E-state index contributed by atoms with van der Waals surface area (Å²) in [6.45, 7) is -0.184. The lowest BCUT2D eigenvalue weighted by Crippen LogP contribution is -2.39. The number of H-pyrrole nitrogens is 1. The van der Waals surface area contributed by atoms with Crippen LogP contribution in [0, 0.1) is 11.6 Å². The highest BCUT2D eigenvalue weighted by molar-refractivity contribution is 5.98. The fourth-order valence-electron chi connectivity index (χ4n) is 2.76. The molecule has 0 saturated carbocycles. The van der Waals surface area contributed by atoms with Crippen LogP contribution in [0.3, 0.4) is 0 Å². The molecule has 0 radical (unpaired) electrons. The molecule has 28 heavy (non-hydrogen) atoms. The SMILES string of the molecule is O=C(CNC(=O)c1c[nH]c2ccccc2c1=O)NCCc1cc(F)cc(F)c1. The predicted molar refractivity (Wildman–Crippen MR) is 100.0 cm³/mol. The van der Waals surface area contributed by atoms with E-state index in [1.54, 1.807) is 24.3 Å². The van der Waals surface area contributed by atoms with Gasteiger partial charge in [0.25, 0.3) is 5.91 Å². The lowest BCUT2D eigenvalue weighted by molar-refractivity contribution is -0.120. The summed E-state index contributed by atoms with van der Waals surface area (Å²) in [6.07, 6.45) is 1.54. The molecule has 1 heterocycles. The van der Waals surface area contributed by atoms with Crippen molar-refractivity contribution in [2.75, 3.05) is 13.1 Å². The summed E-state index contributed by atoms with van der Waals surface area (Å²) in [4.78, 5) is 39.3. The summed E-state index contributed by atoms with van der Waals surface area (Å²) < 4.78 is 26.2. The van der Waals surface area contributed by atoms with Crippen LogP contribution in [-0.4, -0.2) is 29.9 Å². The van der Waals surface area contributed by atoms with Crippen molar-refractivity contribution in [3.05, 3.63) is 81.6 Å². The van der Waals surface area contributed by atoms with Gasteiger partial charge in [-0.1, -0.05) is 12.1 Å². The van der Waals surface area contributed by atoms with E-state index < -0.39 is 28.9 Å². The van der Waals surface area contributed by atoms with Gasteiger partial charge in [0.2, 0.25) is 11.3 Å². The van der Waals surface area contributed by atoms with Crippen molar-refractivity contribution in [2.24, 2.45) is 0 Å². The van der Waals surface area contributed by atoms with Crippen LogP contribution in [0.2, 0.25) is 0 Å². The fourth-order valence-corrected chi connectivity index (χ4v) is 2.76. The Morgan fingerprint density at radius 3 is 2.46 bits per heavy atom. The number of amides is 2. The second-order valence-corrected chi connectivity index (χ2v) is 6.14. The molecule has 3 aromatic rings. The summed E-state index contributed by atoms with van der Waals surface area (Å²) in [5.74, 6) is -2.53. The van der Waals surface area contributed by atoms with Gasteiger partial charge in [0.15, 0.2) is 0 Å². The number of hydrogen-bond acceptors (Lipinski definition) is 3. The number of carbonyl (C=O) groups is 2. The van der Waals surface area contributed by atoms with E-state index in [1.807, 2.05) is 0 Å². The minimum atomic E-state index is -0.686. The van der Waals surface area contributed by atoms with Gasteiger partial charge >= 0.3 is 0 Å². The maximum absolute atomic E-state index is 13.1. The number of nitrogens with one attached hydrogen (secondary N) is 3. The first kappa shape index (κ1) is 19.2. The van der Waals surface area contributed by atoms with E-state index in [2.05, 4.69) is 15.6 Å². The van der Waals surface area contributed by atoms with Crippen LogP contribution in [0.5, 0.6) is 0 Å². The van der Waals surface area contributed by atoms with E-state index >= 15 is 0 Å². The number of fused-ring (bicyclic) bond motifs is 1. The molecule has 0 aliphatic carbocycles. The molecule has 3 N–H and O–H groups in total. The Hall–Kier alpha value is -3.55. The highest BCUT2D eigenvalue weighted by Crippen LogP contribution is 2.08. The molecule has 0 spiro atoms. The molecule has 0 unspecified atom stereocenters. The van der Waals surface area contributed by atoms with Gasteiger partial charge < -0.3 is 15.6 Å². The minimum absolute atomic E-state index is 0.0956. The smallest absolute Gasteiger partial charge is 0.257 e. The molecular weight excluding hydrogens is 368 g/mol. The summed E-state index contributed by atoms with van der Waals surface area (Å²) >= 11 is 0. The summed E-state index contributed by atoms with van der Waals surface area (Å²) in [7, 11) is 0. The average molecular weight is 385 g/mol. The van der Waals surface area contributed by atoms with Crippen molar-refractivity contribution < 1.29 is 18.4 Å². The largest absolute Gasteiger partial charge is 0.360 e. The van der Waals surface area contributed by atoms with Gasteiger partial charge in [0.05, 0.1) is 6.54 Å². The molecule has 0 fully saturated rings. The number of rotatable bonds is 6. The molecule has 0 aliphatic heterocycles. The molecule has 1 aromatic heterocycles. The number of pyridine rings is 1. The van der Waals surface area contributed by atoms with Crippen LogP contribution in [0.25, 0.3) is 10.9 Å². The molecule has 0 aliphatic rings. The maximum atomic E-state index is 13.1. The first-order valence-electron chi connectivity index (χ1n) is 8.54. The molecular formula is C20H17F2N3O3. The van der Waals surface area contributed by atoms with E-state index in [0.29, 0.717) is 16.5 Å². The Labute approximate surface area is 158 Å². The van der Waals surface area contributed by atoms with Crippen LogP contribution in [0.1, 0.15) is 15.9 Å². The van der Waals surface area contributed by atoms with Crippen LogP contribution in [-0.2, 0) is 11.2 Å². The quantitative estimate of drug-likeness (QED) is 0.605. The molecule has 0 atom stereocenters. The Balaban J connectivity index is 1.52.